The van der Waals surface area contributed by atoms with E-state index >= 15 is 0 Å². The number of hydrogen-bond acceptors (Lipinski definition) is 5. The zero-order valence-corrected chi connectivity index (χ0v) is 18.4. The summed E-state index contributed by atoms with van der Waals surface area (Å²) in [4.78, 5) is 26.4. The number of ether oxygens (including phenoxy) is 2. The zero-order chi connectivity index (χ0) is 21.1. The van der Waals surface area contributed by atoms with E-state index in [1.807, 2.05) is 38.3 Å². The van der Waals surface area contributed by atoms with Crippen LogP contribution in [-0.2, 0) is 14.3 Å². The van der Waals surface area contributed by atoms with E-state index in [-0.39, 0.29) is 18.1 Å². The highest BCUT2D eigenvalue weighted by molar-refractivity contribution is 7.15. The number of carbonyl (C=O) groups is 2. The fourth-order valence-electron chi connectivity index (χ4n) is 3.81. The van der Waals surface area contributed by atoms with Crippen molar-refractivity contribution in [3.8, 4) is 11.1 Å². The minimum absolute atomic E-state index is 0.111. The molecule has 2 aromatic rings. The highest BCUT2D eigenvalue weighted by atomic mass is 32.1. The highest BCUT2D eigenvalue weighted by Crippen LogP contribution is 2.36. The van der Waals surface area contributed by atoms with Crippen molar-refractivity contribution in [3.05, 3.63) is 40.3 Å². The third-order valence-electron chi connectivity index (χ3n) is 5.28. The molecule has 1 saturated heterocycles. The molecule has 2 heterocycles. The van der Waals surface area contributed by atoms with Crippen LogP contribution >= 0.6 is 11.3 Å². The second-order valence-corrected chi connectivity index (χ2v) is 8.66. The van der Waals surface area contributed by atoms with Gasteiger partial charge in [-0.25, -0.2) is 4.79 Å². The van der Waals surface area contributed by atoms with Crippen molar-refractivity contribution in [2.45, 2.75) is 39.9 Å². The molecule has 6 nitrogen and oxygen atoms in total. The number of aryl methyl sites for hydroxylation is 2. The van der Waals surface area contributed by atoms with Gasteiger partial charge in [0.05, 0.1) is 7.11 Å². The molecule has 1 amide bonds. The summed E-state index contributed by atoms with van der Waals surface area (Å²) in [5.41, 5.74) is 4.46. The minimum atomic E-state index is -0.448. The molecule has 0 aliphatic carbocycles. The molecular formula is C22H29N2O4S+. The molecule has 156 valence electrons. The lowest BCUT2D eigenvalue weighted by Gasteiger charge is -2.31. The van der Waals surface area contributed by atoms with Crippen LogP contribution in [0, 0.1) is 13.8 Å². The Morgan fingerprint density at radius 3 is 2.52 bits per heavy atom. The third-order valence-corrected chi connectivity index (χ3v) is 6.17. The zero-order valence-electron chi connectivity index (χ0n) is 17.6. The average molecular weight is 418 g/mol. The predicted octanol–water partition coefficient (Wildman–Crippen LogP) is 2.45. The van der Waals surface area contributed by atoms with Crippen molar-refractivity contribution >= 4 is 28.2 Å². The van der Waals surface area contributed by atoms with E-state index in [0.29, 0.717) is 17.1 Å². The molecule has 0 bridgehead atoms. The maximum absolute atomic E-state index is 12.7. The Morgan fingerprint density at radius 2 is 1.90 bits per heavy atom. The number of benzene rings is 1. The summed E-state index contributed by atoms with van der Waals surface area (Å²) >= 11 is 1.35. The predicted molar refractivity (Wildman–Crippen MR) is 115 cm³/mol. The third kappa shape index (κ3) is 5.04. The molecule has 29 heavy (non-hydrogen) atoms. The van der Waals surface area contributed by atoms with Gasteiger partial charge in [0.25, 0.3) is 5.91 Å². The van der Waals surface area contributed by atoms with Gasteiger partial charge >= 0.3 is 5.97 Å². The van der Waals surface area contributed by atoms with Gasteiger partial charge in [-0.15, -0.1) is 11.3 Å². The molecule has 2 N–H and O–H groups in total. The van der Waals surface area contributed by atoms with E-state index in [4.69, 9.17) is 9.47 Å². The lowest BCUT2D eigenvalue weighted by molar-refractivity contribution is -0.907. The molecule has 0 radical (unpaired) electrons. The van der Waals surface area contributed by atoms with Gasteiger partial charge in [0.2, 0.25) is 0 Å². The fraction of sp³-hybridized carbons (Fsp3) is 0.455. The number of rotatable bonds is 5. The van der Waals surface area contributed by atoms with Crippen molar-refractivity contribution in [1.29, 1.82) is 0 Å². The van der Waals surface area contributed by atoms with Crippen LogP contribution in [0.4, 0.5) is 5.00 Å². The van der Waals surface area contributed by atoms with Crippen LogP contribution in [0.25, 0.3) is 11.1 Å². The Morgan fingerprint density at radius 1 is 1.21 bits per heavy atom. The summed E-state index contributed by atoms with van der Waals surface area (Å²) in [7, 11) is 1.36. The maximum atomic E-state index is 12.7. The number of anilines is 1. The van der Waals surface area contributed by atoms with Gasteiger partial charge in [0.15, 0.2) is 6.54 Å². The van der Waals surface area contributed by atoms with Crippen LogP contribution in [0.15, 0.2) is 23.6 Å². The van der Waals surface area contributed by atoms with Gasteiger partial charge in [-0.05, 0) is 44.4 Å². The monoisotopic (exact) mass is 417 g/mol. The van der Waals surface area contributed by atoms with Gasteiger partial charge in [-0.2, -0.15) is 0 Å². The van der Waals surface area contributed by atoms with Crippen molar-refractivity contribution in [1.82, 2.24) is 0 Å². The molecule has 1 aliphatic rings. The number of methoxy groups -OCH3 is 1. The summed E-state index contributed by atoms with van der Waals surface area (Å²) in [6, 6.07) is 6.07. The molecule has 1 aromatic heterocycles. The van der Waals surface area contributed by atoms with E-state index in [0.717, 1.165) is 29.8 Å². The number of hydrogen-bond donors (Lipinski definition) is 2. The normalized spacial score (nSPS) is 21.6. The minimum Gasteiger partial charge on any atom is -0.465 e. The van der Waals surface area contributed by atoms with Crippen LogP contribution in [-0.4, -0.2) is 50.8 Å². The topological polar surface area (TPSA) is 69.1 Å². The first-order chi connectivity index (χ1) is 13.8. The van der Waals surface area contributed by atoms with E-state index in [1.165, 1.54) is 28.9 Å². The average Bonchev–Trinajstić information content (AvgIpc) is 3.05. The lowest BCUT2D eigenvalue weighted by Crippen LogP contribution is -3.16. The molecular weight excluding hydrogens is 388 g/mol. The number of carbonyl (C=O) groups excluding carboxylic acids is 2. The smallest absolute Gasteiger partial charge is 0.341 e. The van der Waals surface area contributed by atoms with Gasteiger partial charge in [0, 0.05) is 10.9 Å². The van der Waals surface area contributed by atoms with Crippen LogP contribution in [0.3, 0.4) is 0 Å². The standard InChI is InChI=1S/C22H28N2O4S/c1-13-6-7-17(8-14(13)2)18-12-29-21(20(18)22(26)27-5)23-19(25)11-24-9-15(3)28-16(4)10-24/h6-8,12,15-16H,9-11H2,1-5H3,(H,23,25)/p+1/t15-,16-/m1/s1. The van der Waals surface area contributed by atoms with E-state index in [9.17, 15) is 9.59 Å². The van der Waals surface area contributed by atoms with Crippen LogP contribution < -0.4 is 10.2 Å². The fourth-order valence-corrected chi connectivity index (χ4v) is 4.78. The summed E-state index contributed by atoms with van der Waals surface area (Å²) < 4.78 is 10.7. The maximum Gasteiger partial charge on any atom is 0.341 e. The first-order valence-electron chi connectivity index (χ1n) is 9.84. The number of quaternary nitrogens is 1. The first-order valence-corrected chi connectivity index (χ1v) is 10.7. The SMILES string of the molecule is COC(=O)c1c(-c2ccc(C)c(C)c2)csc1NC(=O)C[NH+]1C[C@@H](C)O[C@H](C)C1. The van der Waals surface area contributed by atoms with Crippen LogP contribution in [0.5, 0.6) is 0 Å². The Balaban J connectivity index is 1.82. The largest absolute Gasteiger partial charge is 0.465 e. The number of thiophene rings is 1. The molecule has 1 aromatic carbocycles. The quantitative estimate of drug-likeness (QED) is 0.734. The second-order valence-electron chi connectivity index (χ2n) is 7.78. The van der Waals surface area contributed by atoms with Gasteiger partial charge in [-0.3, -0.25) is 4.79 Å². The molecule has 2 atom stereocenters. The number of amides is 1. The van der Waals surface area contributed by atoms with E-state index < -0.39 is 5.97 Å². The van der Waals surface area contributed by atoms with E-state index in [2.05, 4.69) is 18.3 Å². The molecule has 0 saturated carbocycles. The summed E-state index contributed by atoms with van der Waals surface area (Å²) in [5.74, 6) is -0.560. The van der Waals surface area contributed by atoms with Crippen molar-refractivity contribution in [3.63, 3.8) is 0 Å². The number of nitrogens with one attached hydrogen (secondary N) is 2. The van der Waals surface area contributed by atoms with Gasteiger partial charge in [-0.1, -0.05) is 18.2 Å². The van der Waals surface area contributed by atoms with Crippen LogP contribution in [0.1, 0.15) is 35.3 Å². The Kier molecular flexibility index (Phi) is 6.72. The molecule has 0 spiro atoms. The molecule has 1 fully saturated rings. The van der Waals surface area contributed by atoms with Gasteiger partial charge in [0.1, 0.15) is 35.9 Å². The number of esters is 1. The van der Waals surface area contributed by atoms with Crippen molar-refractivity contribution in [2.75, 3.05) is 32.1 Å². The van der Waals surface area contributed by atoms with Crippen molar-refractivity contribution in [2.24, 2.45) is 0 Å². The highest BCUT2D eigenvalue weighted by Gasteiger charge is 2.28. The Labute approximate surface area is 175 Å². The summed E-state index contributed by atoms with van der Waals surface area (Å²) in [6.07, 6.45) is 0.260. The molecule has 0 unspecified atom stereocenters. The summed E-state index contributed by atoms with van der Waals surface area (Å²) in [6.45, 7) is 10.1. The lowest BCUT2D eigenvalue weighted by atomic mass is 9.99. The Hall–Kier alpha value is -2.22. The molecule has 3 rings (SSSR count). The summed E-state index contributed by atoms with van der Waals surface area (Å²) in [5, 5.41) is 5.37. The number of morpholine rings is 1. The van der Waals surface area contributed by atoms with Gasteiger partial charge < -0.3 is 19.7 Å². The molecule has 1 aliphatic heterocycles. The second kappa shape index (κ2) is 9.07. The molecule has 7 heteroatoms. The van der Waals surface area contributed by atoms with E-state index in [1.54, 1.807) is 0 Å². The first kappa shape index (κ1) is 21.5. The Bertz CT molecular complexity index is 898. The van der Waals surface area contributed by atoms with Crippen LogP contribution in [0.2, 0.25) is 0 Å². The van der Waals surface area contributed by atoms with Crippen molar-refractivity contribution < 1.29 is 24.0 Å².